The van der Waals surface area contributed by atoms with Crippen molar-refractivity contribution in [3.05, 3.63) is 82.4 Å². The summed E-state index contributed by atoms with van der Waals surface area (Å²) in [4.78, 5) is 20.8. The average molecular weight is 436 g/mol. The highest BCUT2D eigenvalue weighted by Crippen LogP contribution is 2.13. The SMILES string of the molecule is CCN1CCN(Cc2ccc(CNC(=O)c3c[nH]c(=S)n3-c3ccccc3)cc2)CC1. The Labute approximate surface area is 188 Å². The number of amides is 1. The highest BCUT2D eigenvalue weighted by atomic mass is 32.1. The molecule has 1 aliphatic rings. The van der Waals surface area contributed by atoms with E-state index in [0.29, 0.717) is 17.0 Å². The van der Waals surface area contributed by atoms with Gasteiger partial charge in [0.15, 0.2) is 4.77 Å². The molecule has 1 aliphatic heterocycles. The number of piperazine rings is 1. The second-order valence-corrected chi connectivity index (χ2v) is 8.25. The highest BCUT2D eigenvalue weighted by molar-refractivity contribution is 7.71. The Hall–Kier alpha value is -2.74. The molecule has 2 heterocycles. The summed E-state index contributed by atoms with van der Waals surface area (Å²) in [5.74, 6) is -0.158. The van der Waals surface area contributed by atoms with Crippen LogP contribution in [0.25, 0.3) is 5.69 Å². The topological polar surface area (TPSA) is 56.3 Å². The van der Waals surface area contributed by atoms with Crippen molar-refractivity contribution in [3.63, 3.8) is 0 Å². The summed E-state index contributed by atoms with van der Waals surface area (Å²) in [7, 11) is 0. The van der Waals surface area contributed by atoms with Gasteiger partial charge >= 0.3 is 0 Å². The monoisotopic (exact) mass is 435 g/mol. The van der Waals surface area contributed by atoms with Crippen LogP contribution in [0.2, 0.25) is 0 Å². The number of carbonyl (C=O) groups is 1. The lowest BCUT2D eigenvalue weighted by Gasteiger charge is -2.34. The van der Waals surface area contributed by atoms with Crippen molar-refractivity contribution in [1.29, 1.82) is 0 Å². The van der Waals surface area contributed by atoms with Gasteiger partial charge in [-0.2, -0.15) is 0 Å². The van der Waals surface area contributed by atoms with Crippen molar-refractivity contribution in [1.82, 2.24) is 24.7 Å². The summed E-state index contributed by atoms with van der Waals surface area (Å²) in [6.45, 7) is 9.34. The van der Waals surface area contributed by atoms with E-state index >= 15 is 0 Å². The number of carbonyl (C=O) groups excluding carboxylic acids is 1. The molecule has 2 aromatic carbocycles. The lowest BCUT2D eigenvalue weighted by molar-refractivity contribution is 0.0944. The maximum absolute atomic E-state index is 12.8. The quantitative estimate of drug-likeness (QED) is 0.557. The predicted octanol–water partition coefficient (Wildman–Crippen LogP) is 3.60. The summed E-state index contributed by atoms with van der Waals surface area (Å²) in [6.07, 6.45) is 1.66. The summed E-state index contributed by atoms with van der Waals surface area (Å²) in [5, 5.41) is 3.01. The largest absolute Gasteiger partial charge is 0.347 e. The molecular formula is C24H29N5OS. The molecule has 0 saturated carbocycles. The lowest BCUT2D eigenvalue weighted by atomic mass is 10.1. The van der Waals surface area contributed by atoms with E-state index in [0.717, 1.165) is 50.5 Å². The number of nitrogens with one attached hydrogen (secondary N) is 2. The zero-order valence-corrected chi connectivity index (χ0v) is 18.7. The van der Waals surface area contributed by atoms with Crippen molar-refractivity contribution < 1.29 is 4.79 Å². The summed E-state index contributed by atoms with van der Waals surface area (Å²) in [6, 6.07) is 18.2. The number of H-pyrrole nitrogens is 1. The van der Waals surface area contributed by atoms with Gasteiger partial charge in [0, 0.05) is 51.2 Å². The number of rotatable bonds is 7. The van der Waals surface area contributed by atoms with Gasteiger partial charge in [0.25, 0.3) is 5.91 Å². The van der Waals surface area contributed by atoms with Gasteiger partial charge in [0.05, 0.1) is 0 Å². The Morgan fingerprint density at radius 3 is 2.29 bits per heavy atom. The molecule has 162 valence electrons. The number of aromatic amines is 1. The molecule has 3 aromatic rings. The first-order valence-electron chi connectivity index (χ1n) is 10.8. The van der Waals surface area contributed by atoms with E-state index in [-0.39, 0.29) is 5.91 Å². The summed E-state index contributed by atoms with van der Waals surface area (Å²) in [5.41, 5.74) is 3.75. The normalized spacial score (nSPS) is 15.1. The van der Waals surface area contributed by atoms with Crippen LogP contribution in [0, 0.1) is 4.77 Å². The molecule has 1 fully saturated rings. The molecule has 7 heteroatoms. The Bertz CT molecular complexity index is 1050. The molecule has 1 amide bonds. The van der Waals surface area contributed by atoms with Crippen LogP contribution >= 0.6 is 12.2 Å². The van der Waals surface area contributed by atoms with Crippen LogP contribution in [0.1, 0.15) is 28.5 Å². The number of para-hydroxylation sites is 1. The maximum atomic E-state index is 12.8. The van der Waals surface area contributed by atoms with E-state index in [2.05, 4.69) is 51.3 Å². The predicted molar refractivity (Wildman–Crippen MR) is 126 cm³/mol. The van der Waals surface area contributed by atoms with Crippen LogP contribution < -0.4 is 5.32 Å². The summed E-state index contributed by atoms with van der Waals surface area (Å²) >= 11 is 5.37. The van der Waals surface area contributed by atoms with Gasteiger partial charge in [0.2, 0.25) is 0 Å². The zero-order valence-electron chi connectivity index (χ0n) is 17.9. The molecule has 2 N–H and O–H groups in total. The van der Waals surface area contributed by atoms with Crippen LogP contribution in [0.3, 0.4) is 0 Å². The molecule has 1 aromatic heterocycles. The van der Waals surface area contributed by atoms with E-state index in [1.54, 1.807) is 10.8 Å². The minimum Gasteiger partial charge on any atom is -0.347 e. The fourth-order valence-electron chi connectivity index (χ4n) is 3.93. The molecule has 0 aliphatic carbocycles. The van der Waals surface area contributed by atoms with E-state index in [4.69, 9.17) is 12.2 Å². The van der Waals surface area contributed by atoms with Crippen molar-refractivity contribution >= 4 is 18.1 Å². The fraction of sp³-hybridized carbons (Fsp3) is 0.333. The van der Waals surface area contributed by atoms with Gasteiger partial charge in [-0.25, -0.2) is 0 Å². The molecule has 6 nitrogen and oxygen atoms in total. The number of imidazole rings is 1. The third-order valence-electron chi connectivity index (χ3n) is 5.82. The second kappa shape index (κ2) is 10.0. The molecule has 0 spiro atoms. The fourth-order valence-corrected chi connectivity index (χ4v) is 4.19. The molecular weight excluding hydrogens is 406 g/mol. The number of benzene rings is 2. The van der Waals surface area contributed by atoms with Crippen LogP contribution in [-0.2, 0) is 13.1 Å². The Balaban J connectivity index is 1.34. The minimum atomic E-state index is -0.158. The first-order chi connectivity index (χ1) is 15.1. The van der Waals surface area contributed by atoms with E-state index in [1.165, 1.54) is 5.56 Å². The van der Waals surface area contributed by atoms with E-state index in [9.17, 15) is 4.79 Å². The van der Waals surface area contributed by atoms with Crippen molar-refractivity contribution in [2.24, 2.45) is 0 Å². The lowest BCUT2D eigenvalue weighted by Crippen LogP contribution is -2.45. The summed E-state index contributed by atoms with van der Waals surface area (Å²) < 4.78 is 2.26. The maximum Gasteiger partial charge on any atom is 0.270 e. The number of aromatic nitrogens is 2. The van der Waals surface area contributed by atoms with Crippen LogP contribution in [0.4, 0.5) is 0 Å². The van der Waals surface area contributed by atoms with Crippen molar-refractivity contribution in [2.75, 3.05) is 32.7 Å². The van der Waals surface area contributed by atoms with Gasteiger partial charge in [-0.05, 0) is 42.0 Å². The second-order valence-electron chi connectivity index (χ2n) is 7.86. The molecule has 0 atom stereocenters. The number of likely N-dealkylation sites (N-methyl/N-ethyl adjacent to an activating group) is 1. The standard InChI is InChI=1S/C24H29N5OS/c1-2-27-12-14-28(15-13-27)18-20-10-8-19(9-11-20)16-25-23(30)22-17-26-24(31)29(22)21-6-4-3-5-7-21/h3-11,17H,2,12-16,18H2,1H3,(H,25,30)(H,26,31). The number of hydrogen-bond acceptors (Lipinski definition) is 4. The van der Waals surface area contributed by atoms with Crippen LogP contribution in [0.15, 0.2) is 60.8 Å². The first-order valence-corrected chi connectivity index (χ1v) is 11.2. The number of nitrogens with zero attached hydrogens (tertiary/aromatic N) is 3. The first kappa shape index (κ1) is 21.5. The molecule has 1 saturated heterocycles. The van der Waals surface area contributed by atoms with E-state index < -0.39 is 0 Å². The molecule has 0 bridgehead atoms. The van der Waals surface area contributed by atoms with Gasteiger partial charge in [0.1, 0.15) is 5.69 Å². The van der Waals surface area contributed by atoms with Gasteiger partial charge in [-0.3, -0.25) is 14.3 Å². The van der Waals surface area contributed by atoms with E-state index in [1.807, 2.05) is 30.3 Å². The smallest absolute Gasteiger partial charge is 0.270 e. The van der Waals surface area contributed by atoms with Crippen molar-refractivity contribution in [2.45, 2.75) is 20.0 Å². The van der Waals surface area contributed by atoms with Crippen molar-refractivity contribution in [3.8, 4) is 5.69 Å². The third kappa shape index (κ3) is 5.31. The average Bonchev–Trinajstić information content (AvgIpc) is 3.21. The Kier molecular flexibility index (Phi) is 6.96. The van der Waals surface area contributed by atoms with Crippen LogP contribution in [0.5, 0.6) is 0 Å². The number of hydrogen-bond donors (Lipinski definition) is 2. The van der Waals surface area contributed by atoms with Gasteiger partial charge in [-0.15, -0.1) is 0 Å². The minimum absolute atomic E-state index is 0.158. The molecule has 4 rings (SSSR count). The highest BCUT2D eigenvalue weighted by Gasteiger charge is 2.16. The molecule has 0 radical (unpaired) electrons. The third-order valence-corrected chi connectivity index (χ3v) is 6.12. The van der Waals surface area contributed by atoms with Crippen LogP contribution in [-0.4, -0.2) is 58.0 Å². The molecule has 31 heavy (non-hydrogen) atoms. The zero-order chi connectivity index (χ0) is 21.6. The molecule has 0 unspecified atom stereocenters. The Morgan fingerprint density at radius 2 is 1.61 bits per heavy atom. The van der Waals surface area contributed by atoms with Gasteiger partial charge < -0.3 is 15.2 Å². The Morgan fingerprint density at radius 1 is 0.968 bits per heavy atom. The van der Waals surface area contributed by atoms with Gasteiger partial charge in [-0.1, -0.05) is 49.4 Å².